The Balaban J connectivity index is 1.97. The maximum atomic E-state index is 11.2. The fourth-order valence-electron chi connectivity index (χ4n) is 1.88. The van der Waals surface area contributed by atoms with Crippen molar-refractivity contribution in [1.82, 2.24) is 0 Å². The zero-order chi connectivity index (χ0) is 14.4. The summed E-state index contributed by atoms with van der Waals surface area (Å²) in [5, 5.41) is 0. The van der Waals surface area contributed by atoms with Gasteiger partial charge in [-0.05, 0) is 23.6 Å². The first kappa shape index (κ1) is 14.3. The Morgan fingerprint density at radius 3 is 2.20 bits per heavy atom. The Bertz CT molecular complexity index is 546. The van der Waals surface area contributed by atoms with Crippen LogP contribution in [0, 0.1) is 0 Å². The summed E-state index contributed by atoms with van der Waals surface area (Å²) in [4.78, 5) is 11.2. The van der Waals surface area contributed by atoms with Crippen molar-refractivity contribution in [2.45, 2.75) is 19.6 Å². The molecule has 3 heteroatoms. The molecule has 0 saturated carbocycles. The molecule has 2 aromatic carbocycles. The Labute approximate surface area is 119 Å². The second kappa shape index (κ2) is 6.87. The summed E-state index contributed by atoms with van der Waals surface area (Å²) in [5.74, 6) is -0.356. The monoisotopic (exact) mass is 270 g/mol. The van der Waals surface area contributed by atoms with Gasteiger partial charge in [0.25, 0.3) is 0 Å². The molecule has 0 amide bonds. The van der Waals surface area contributed by atoms with Crippen LogP contribution in [-0.4, -0.2) is 19.2 Å². The third-order valence-electron chi connectivity index (χ3n) is 3.09. The van der Waals surface area contributed by atoms with E-state index in [2.05, 4.69) is 29.0 Å². The molecule has 0 heterocycles. The number of carbonyl (C=O) groups is 1. The number of benzene rings is 2. The van der Waals surface area contributed by atoms with Crippen LogP contribution >= 0.6 is 0 Å². The van der Waals surface area contributed by atoms with Crippen LogP contribution in [0.3, 0.4) is 0 Å². The molecule has 0 saturated heterocycles. The predicted molar refractivity (Wildman–Crippen MR) is 78.1 cm³/mol. The third-order valence-corrected chi connectivity index (χ3v) is 3.09. The molecule has 104 valence electrons. The van der Waals surface area contributed by atoms with Crippen molar-refractivity contribution in [1.29, 1.82) is 0 Å². The number of methoxy groups -OCH3 is 1. The van der Waals surface area contributed by atoms with E-state index in [-0.39, 0.29) is 5.97 Å². The van der Waals surface area contributed by atoms with Gasteiger partial charge in [0.2, 0.25) is 0 Å². The molecule has 0 aliphatic rings. The van der Waals surface area contributed by atoms with Crippen LogP contribution in [0.5, 0.6) is 0 Å². The van der Waals surface area contributed by atoms with E-state index in [1.807, 2.05) is 30.3 Å². The van der Waals surface area contributed by atoms with Crippen LogP contribution in [-0.2, 0) is 20.9 Å². The molecular weight excluding hydrogens is 252 g/mol. The maximum Gasteiger partial charge on any atom is 0.334 e. The molecule has 0 aliphatic heterocycles. The van der Waals surface area contributed by atoms with Gasteiger partial charge in [0, 0.05) is 0 Å². The minimum atomic E-state index is -0.547. The van der Waals surface area contributed by atoms with Crippen LogP contribution in [0.4, 0.5) is 0 Å². The first-order valence-electron chi connectivity index (χ1n) is 6.54. The molecule has 2 rings (SSSR count). The lowest BCUT2D eigenvalue weighted by Gasteiger charge is -2.11. The molecule has 20 heavy (non-hydrogen) atoms. The van der Waals surface area contributed by atoms with Gasteiger partial charge in [0.05, 0.1) is 13.7 Å². The molecule has 0 spiro atoms. The van der Waals surface area contributed by atoms with Crippen molar-refractivity contribution in [2.24, 2.45) is 0 Å². The van der Waals surface area contributed by atoms with Crippen molar-refractivity contribution in [2.75, 3.05) is 7.11 Å². The van der Waals surface area contributed by atoms with Crippen LogP contribution < -0.4 is 0 Å². The molecule has 1 atom stereocenters. The third kappa shape index (κ3) is 3.68. The van der Waals surface area contributed by atoms with Crippen molar-refractivity contribution in [3.63, 3.8) is 0 Å². The summed E-state index contributed by atoms with van der Waals surface area (Å²) >= 11 is 0. The van der Waals surface area contributed by atoms with Crippen LogP contribution in [0.15, 0.2) is 54.6 Å². The maximum absolute atomic E-state index is 11.2. The lowest BCUT2D eigenvalue weighted by Crippen LogP contribution is -2.21. The molecule has 2 aromatic rings. The highest BCUT2D eigenvalue weighted by atomic mass is 16.6. The first-order valence-corrected chi connectivity index (χ1v) is 6.54. The topological polar surface area (TPSA) is 35.5 Å². The van der Waals surface area contributed by atoms with Gasteiger partial charge >= 0.3 is 5.97 Å². The number of ether oxygens (including phenoxy) is 2. The minimum Gasteiger partial charge on any atom is -0.467 e. The van der Waals surface area contributed by atoms with E-state index in [9.17, 15) is 4.79 Å². The summed E-state index contributed by atoms with van der Waals surface area (Å²) in [6, 6.07) is 18.3. The zero-order valence-electron chi connectivity index (χ0n) is 11.7. The molecule has 1 unspecified atom stereocenters. The van der Waals surface area contributed by atoms with Crippen LogP contribution in [0.2, 0.25) is 0 Å². The van der Waals surface area contributed by atoms with Crippen LogP contribution in [0.25, 0.3) is 11.1 Å². The number of esters is 1. The van der Waals surface area contributed by atoms with Gasteiger partial charge in [-0.25, -0.2) is 4.79 Å². The minimum absolute atomic E-state index is 0.356. The smallest absolute Gasteiger partial charge is 0.334 e. The molecule has 0 N–H and O–H groups in total. The molecule has 0 aliphatic carbocycles. The Morgan fingerprint density at radius 2 is 1.60 bits per heavy atom. The average molecular weight is 270 g/mol. The van der Waals surface area contributed by atoms with E-state index in [4.69, 9.17) is 4.74 Å². The number of hydrogen-bond donors (Lipinski definition) is 0. The number of rotatable bonds is 5. The van der Waals surface area contributed by atoms with Crippen LogP contribution in [0.1, 0.15) is 12.5 Å². The Morgan fingerprint density at radius 1 is 1.00 bits per heavy atom. The highest BCUT2D eigenvalue weighted by Crippen LogP contribution is 2.19. The molecular formula is C17H18O3. The molecule has 0 fully saturated rings. The SMILES string of the molecule is COC(=O)C(C)OCc1ccc(-c2ccccc2)cc1. The predicted octanol–water partition coefficient (Wildman–Crippen LogP) is 3.43. The van der Waals surface area contributed by atoms with Gasteiger partial charge in [-0.2, -0.15) is 0 Å². The van der Waals surface area contributed by atoms with Gasteiger partial charge in [-0.3, -0.25) is 0 Å². The lowest BCUT2D eigenvalue weighted by molar-refractivity contribution is -0.153. The second-order valence-corrected chi connectivity index (χ2v) is 4.54. The van der Waals surface area contributed by atoms with Gasteiger partial charge < -0.3 is 9.47 Å². The van der Waals surface area contributed by atoms with E-state index in [1.165, 1.54) is 12.7 Å². The Hall–Kier alpha value is -2.13. The first-order chi connectivity index (χ1) is 9.70. The molecule has 0 radical (unpaired) electrons. The summed E-state index contributed by atoms with van der Waals surface area (Å²) < 4.78 is 10.1. The fourth-order valence-corrected chi connectivity index (χ4v) is 1.88. The molecule has 0 aromatic heterocycles. The fraction of sp³-hybridized carbons (Fsp3) is 0.235. The summed E-state index contributed by atoms with van der Waals surface area (Å²) in [7, 11) is 1.36. The van der Waals surface area contributed by atoms with Crippen molar-refractivity contribution in [3.8, 4) is 11.1 Å². The van der Waals surface area contributed by atoms with Crippen molar-refractivity contribution >= 4 is 5.97 Å². The van der Waals surface area contributed by atoms with Crippen molar-refractivity contribution < 1.29 is 14.3 Å². The standard InChI is InChI=1S/C17H18O3/c1-13(17(18)19-2)20-12-14-8-10-16(11-9-14)15-6-4-3-5-7-15/h3-11,13H,12H2,1-2H3. The second-order valence-electron chi connectivity index (χ2n) is 4.54. The van der Waals surface area contributed by atoms with Gasteiger partial charge in [0.15, 0.2) is 6.10 Å². The largest absolute Gasteiger partial charge is 0.467 e. The van der Waals surface area contributed by atoms with Crippen molar-refractivity contribution in [3.05, 3.63) is 60.2 Å². The zero-order valence-corrected chi connectivity index (χ0v) is 11.7. The lowest BCUT2D eigenvalue weighted by atomic mass is 10.0. The normalized spacial score (nSPS) is 11.9. The molecule has 3 nitrogen and oxygen atoms in total. The summed E-state index contributed by atoms with van der Waals surface area (Å²) in [6.07, 6.45) is -0.547. The number of carbonyl (C=O) groups excluding carboxylic acids is 1. The molecule has 0 bridgehead atoms. The highest BCUT2D eigenvalue weighted by Gasteiger charge is 2.13. The highest BCUT2D eigenvalue weighted by molar-refractivity contribution is 5.73. The van der Waals surface area contributed by atoms with E-state index >= 15 is 0 Å². The quantitative estimate of drug-likeness (QED) is 0.781. The number of hydrogen-bond acceptors (Lipinski definition) is 3. The van der Waals surface area contributed by atoms with Gasteiger partial charge in [-0.15, -0.1) is 0 Å². The van der Waals surface area contributed by atoms with E-state index in [0.29, 0.717) is 6.61 Å². The average Bonchev–Trinajstić information content (AvgIpc) is 2.53. The summed E-state index contributed by atoms with van der Waals surface area (Å²) in [6.45, 7) is 2.08. The van der Waals surface area contributed by atoms with E-state index in [0.717, 1.165) is 11.1 Å². The Kier molecular flexibility index (Phi) is 4.91. The van der Waals surface area contributed by atoms with Gasteiger partial charge in [0.1, 0.15) is 0 Å². The summed E-state index contributed by atoms with van der Waals surface area (Å²) in [5.41, 5.74) is 3.37. The van der Waals surface area contributed by atoms with E-state index in [1.54, 1.807) is 6.92 Å². The van der Waals surface area contributed by atoms with E-state index < -0.39 is 6.10 Å². The van der Waals surface area contributed by atoms with Gasteiger partial charge in [-0.1, -0.05) is 54.6 Å².